The van der Waals surface area contributed by atoms with Crippen LogP contribution in [0.3, 0.4) is 0 Å². The molecule has 0 spiro atoms. The maximum atomic E-state index is 13.4. The van der Waals surface area contributed by atoms with Crippen LogP contribution >= 0.6 is 0 Å². The van der Waals surface area contributed by atoms with Crippen LogP contribution < -0.4 is 10.1 Å². The number of anilines is 1. The molecule has 8 heteroatoms. The predicted octanol–water partition coefficient (Wildman–Crippen LogP) is 4.43. The van der Waals surface area contributed by atoms with Crippen molar-refractivity contribution in [3.8, 4) is 5.75 Å². The molecule has 1 atom stereocenters. The average Bonchev–Trinajstić information content (AvgIpc) is 2.73. The quantitative estimate of drug-likeness (QED) is 0.504. The van der Waals surface area contributed by atoms with Gasteiger partial charge in [0.25, 0.3) is 0 Å². The summed E-state index contributed by atoms with van der Waals surface area (Å²) in [6.45, 7) is 7.26. The largest absolute Gasteiger partial charge is 0.492 e. The van der Waals surface area contributed by atoms with Gasteiger partial charge in [-0.1, -0.05) is 32.0 Å². The number of hydrogen-bond acceptors (Lipinski definition) is 4. The molecule has 2 N–H and O–H groups in total. The fourth-order valence-electron chi connectivity index (χ4n) is 3.11. The molecule has 2 rings (SSSR count). The summed E-state index contributed by atoms with van der Waals surface area (Å²) in [5.41, 5.74) is 1.22. The van der Waals surface area contributed by atoms with Crippen molar-refractivity contribution in [3.05, 3.63) is 59.9 Å². The molecule has 0 saturated heterocycles. The van der Waals surface area contributed by atoms with Crippen molar-refractivity contribution in [2.45, 2.75) is 33.3 Å². The van der Waals surface area contributed by atoms with E-state index in [0.717, 1.165) is 5.56 Å². The van der Waals surface area contributed by atoms with Crippen LogP contribution in [0.5, 0.6) is 5.75 Å². The Kier molecular flexibility index (Phi) is 9.94. The lowest BCUT2D eigenvalue weighted by Crippen LogP contribution is -2.40. The summed E-state index contributed by atoms with van der Waals surface area (Å²) >= 11 is 0. The molecular formula is C24H31FN2O5. The number of nitrogens with one attached hydrogen (secondary N) is 1. The van der Waals surface area contributed by atoms with Gasteiger partial charge in [0.2, 0.25) is 0 Å². The molecule has 0 aliphatic carbocycles. The van der Waals surface area contributed by atoms with Gasteiger partial charge in [0.05, 0.1) is 6.54 Å². The van der Waals surface area contributed by atoms with E-state index in [-0.39, 0.29) is 25.0 Å². The van der Waals surface area contributed by atoms with Gasteiger partial charge in [-0.25, -0.2) is 14.0 Å². The standard InChI is InChI=1S/C24H31FN2O5/c1-4-31-22(23(28)29)14-18-8-10-21(11-9-18)32-13-12-27(16-17(2)3)24(30)26-20-7-5-6-19(25)15-20/h5-11,15,17,22H,4,12-14,16H2,1-3H3,(H,26,30)(H,28,29). The number of halogens is 1. The number of nitrogens with zero attached hydrogens (tertiary/aromatic N) is 1. The van der Waals surface area contributed by atoms with Crippen molar-refractivity contribution >= 4 is 17.7 Å². The van der Waals surface area contributed by atoms with Crippen LogP contribution in [0.15, 0.2) is 48.5 Å². The summed E-state index contributed by atoms with van der Waals surface area (Å²) < 4.78 is 24.4. The van der Waals surface area contributed by atoms with E-state index < -0.39 is 17.9 Å². The number of urea groups is 1. The van der Waals surface area contributed by atoms with Crippen molar-refractivity contribution in [3.63, 3.8) is 0 Å². The zero-order valence-corrected chi connectivity index (χ0v) is 18.7. The first-order chi connectivity index (χ1) is 15.3. The first-order valence-electron chi connectivity index (χ1n) is 10.7. The average molecular weight is 447 g/mol. The fourth-order valence-corrected chi connectivity index (χ4v) is 3.11. The van der Waals surface area contributed by atoms with E-state index in [1.165, 1.54) is 18.2 Å². The number of benzene rings is 2. The van der Waals surface area contributed by atoms with Gasteiger partial charge in [-0.15, -0.1) is 0 Å². The maximum absolute atomic E-state index is 13.4. The maximum Gasteiger partial charge on any atom is 0.333 e. The number of rotatable bonds is 12. The third-order valence-electron chi connectivity index (χ3n) is 4.57. The minimum absolute atomic E-state index is 0.250. The highest BCUT2D eigenvalue weighted by Crippen LogP contribution is 2.15. The van der Waals surface area contributed by atoms with E-state index in [2.05, 4.69) is 5.32 Å². The smallest absolute Gasteiger partial charge is 0.333 e. The van der Waals surface area contributed by atoms with E-state index in [4.69, 9.17) is 9.47 Å². The number of carboxylic acids is 1. The minimum atomic E-state index is -0.992. The second kappa shape index (κ2) is 12.7. The lowest BCUT2D eigenvalue weighted by molar-refractivity contribution is -0.149. The molecule has 0 radical (unpaired) electrons. The van der Waals surface area contributed by atoms with Crippen molar-refractivity contribution in [2.24, 2.45) is 5.92 Å². The molecule has 0 aliphatic heterocycles. The van der Waals surface area contributed by atoms with E-state index >= 15 is 0 Å². The molecule has 7 nitrogen and oxygen atoms in total. The van der Waals surface area contributed by atoms with E-state index in [9.17, 15) is 19.1 Å². The van der Waals surface area contributed by atoms with Gasteiger partial charge in [-0.3, -0.25) is 0 Å². The van der Waals surface area contributed by atoms with Gasteiger partial charge in [-0.2, -0.15) is 0 Å². The van der Waals surface area contributed by atoms with Crippen molar-refractivity contribution in [1.82, 2.24) is 4.90 Å². The normalized spacial score (nSPS) is 11.8. The Hall–Kier alpha value is -3.13. The number of carboxylic acid groups (broad SMARTS) is 1. The number of amides is 2. The Bertz CT molecular complexity index is 873. The van der Waals surface area contributed by atoms with Crippen molar-refractivity contribution in [1.29, 1.82) is 0 Å². The molecule has 2 aromatic carbocycles. The highest BCUT2D eigenvalue weighted by Gasteiger charge is 2.18. The van der Waals surface area contributed by atoms with Gasteiger partial charge in [0.1, 0.15) is 18.2 Å². The molecule has 0 aliphatic rings. The Morgan fingerprint density at radius 2 is 1.88 bits per heavy atom. The summed E-state index contributed by atoms with van der Waals surface area (Å²) in [6.07, 6.45) is -0.612. The monoisotopic (exact) mass is 446 g/mol. The lowest BCUT2D eigenvalue weighted by Gasteiger charge is -2.25. The summed E-state index contributed by atoms with van der Waals surface area (Å²) in [7, 11) is 0. The molecule has 0 saturated carbocycles. The number of hydrogen-bond donors (Lipinski definition) is 2. The van der Waals surface area contributed by atoms with Crippen LogP contribution in [0, 0.1) is 11.7 Å². The van der Waals surface area contributed by atoms with E-state index in [1.807, 2.05) is 13.8 Å². The Labute approximate surface area is 188 Å². The predicted molar refractivity (Wildman–Crippen MR) is 121 cm³/mol. The summed E-state index contributed by atoms with van der Waals surface area (Å²) in [6, 6.07) is 12.6. The van der Waals surface area contributed by atoms with Crippen LogP contribution in [-0.2, 0) is 16.0 Å². The molecular weight excluding hydrogens is 415 g/mol. The molecule has 0 heterocycles. The topological polar surface area (TPSA) is 88.1 Å². The van der Waals surface area contributed by atoms with E-state index in [0.29, 0.717) is 31.1 Å². The van der Waals surface area contributed by atoms with Crippen LogP contribution in [0.4, 0.5) is 14.9 Å². The van der Waals surface area contributed by atoms with Crippen LogP contribution in [0.1, 0.15) is 26.3 Å². The van der Waals surface area contributed by atoms with Crippen molar-refractivity contribution in [2.75, 3.05) is 31.6 Å². The van der Waals surface area contributed by atoms with Gasteiger partial charge in [0.15, 0.2) is 6.10 Å². The number of aliphatic carboxylic acids is 1. The molecule has 1 unspecified atom stereocenters. The second-order valence-electron chi connectivity index (χ2n) is 7.76. The van der Waals surface area contributed by atoms with Crippen LogP contribution in [-0.4, -0.2) is 54.4 Å². The van der Waals surface area contributed by atoms with Crippen LogP contribution in [0.25, 0.3) is 0 Å². The zero-order chi connectivity index (χ0) is 23.5. The van der Waals surface area contributed by atoms with Gasteiger partial charge in [-0.05, 0) is 48.7 Å². The first-order valence-corrected chi connectivity index (χ1v) is 10.7. The molecule has 0 fully saturated rings. The molecule has 0 bridgehead atoms. The van der Waals surface area contributed by atoms with Gasteiger partial charge < -0.3 is 24.8 Å². The first kappa shape index (κ1) is 25.1. The Morgan fingerprint density at radius 3 is 2.47 bits per heavy atom. The Morgan fingerprint density at radius 1 is 1.16 bits per heavy atom. The molecule has 2 amide bonds. The minimum Gasteiger partial charge on any atom is -0.492 e. The highest BCUT2D eigenvalue weighted by atomic mass is 19.1. The molecule has 2 aromatic rings. The zero-order valence-electron chi connectivity index (χ0n) is 18.7. The van der Waals surface area contributed by atoms with Gasteiger partial charge >= 0.3 is 12.0 Å². The fraction of sp³-hybridized carbons (Fsp3) is 0.417. The summed E-state index contributed by atoms with van der Waals surface area (Å²) in [4.78, 5) is 25.5. The second-order valence-corrected chi connectivity index (χ2v) is 7.76. The van der Waals surface area contributed by atoms with Crippen LogP contribution in [0.2, 0.25) is 0 Å². The SMILES string of the molecule is CCOC(Cc1ccc(OCCN(CC(C)C)C(=O)Nc2cccc(F)c2)cc1)C(=O)O. The number of carbonyl (C=O) groups excluding carboxylic acids is 1. The summed E-state index contributed by atoms with van der Waals surface area (Å²) in [5, 5.41) is 11.9. The Balaban J connectivity index is 1.90. The number of carbonyl (C=O) groups is 2. The van der Waals surface area contributed by atoms with E-state index in [1.54, 1.807) is 42.2 Å². The molecule has 174 valence electrons. The lowest BCUT2D eigenvalue weighted by atomic mass is 10.1. The summed E-state index contributed by atoms with van der Waals surface area (Å²) in [5.74, 6) is -0.540. The number of ether oxygens (including phenoxy) is 2. The molecule has 0 aromatic heterocycles. The third kappa shape index (κ3) is 8.55. The highest BCUT2D eigenvalue weighted by molar-refractivity contribution is 5.89. The molecule has 32 heavy (non-hydrogen) atoms. The van der Waals surface area contributed by atoms with Crippen molar-refractivity contribution < 1.29 is 28.6 Å². The third-order valence-corrected chi connectivity index (χ3v) is 4.57. The van der Waals surface area contributed by atoms with Gasteiger partial charge in [0, 0.05) is 25.3 Å².